The molecule has 1 aromatic carbocycles. The highest BCUT2D eigenvalue weighted by atomic mass is 16.5. The number of ether oxygens (including phenoxy) is 1. The van der Waals surface area contributed by atoms with E-state index in [4.69, 9.17) is 4.74 Å². The van der Waals surface area contributed by atoms with E-state index < -0.39 is 0 Å². The van der Waals surface area contributed by atoms with Crippen LogP contribution in [-0.4, -0.2) is 36.3 Å². The summed E-state index contributed by atoms with van der Waals surface area (Å²) < 4.78 is 5.63. The van der Waals surface area contributed by atoms with E-state index in [9.17, 15) is 9.59 Å². The Balaban J connectivity index is 1.67. The fourth-order valence-corrected chi connectivity index (χ4v) is 2.79. The average Bonchev–Trinajstić information content (AvgIpc) is 3.07. The van der Waals surface area contributed by atoms with E-state index in [1.165, 1.54) is 0 Å². The highest BCUT2D eigenvalue weighted by Crippen LogP contribution is 2.30. The van der Waals surface area contributed by atoms with Crippen LogP contribution in [0.4, 0.5) is 0 Å². The Morgan fingerprint density at radius 1 is 1.21 bits per heavy atom. The summed E-state index contributed by atoms with van der Waals surface area (Å²) in [5.74, 6) is 0.904. The Labute approximate surface area is 112 Å². The van der Waals surface area contributed by atoms with Crippen molar-refractivity contribution in [3.63, 3.8) is 0 Å². The number of fused-ring (bicyclic) bond motifs is 1. The summed E-state index contributed by atoms with van der Waals surface area (Å²) in [5, 5.41) is 0. The summed E-state index contributed by atoms with van der Waals surface area (Å²) in [7, 11) is 0. The van der Waals surface area contributed by atoms with E-state index in [2.05, 4.69) is 0 Å². The van der Waals surface area contributed by atoms with Gasteiger partial charge in [0.2, 0.25) is 0 Å². The lowest BCUT2D eigenvalue weighted by Gasteiger charge is -2.16. The molecule has 0 unspecified atom stereocenters. The zero-order valence-electron chi connectivity index (χ0n) is 10.9. The molecule has 1 saturated heterocycles. The summed E-state index contributed by atoms with van der Waals surface area (Å²) in [4.78, 5) is 25.4. The van der Waals surface area contributed by atoms with Gasteiger partial charge >= 0.3 is 0 Å². The number of Topliss-reactive ketones (excluding diaryl/α,β-unsaturated/α-hetero) is 1. The smallest absolute Gasteiger partial charge is 0.260 e. The standard InChI is InChI=1S/C15H17NO3/c17-13-7-6-12-11(13)4-3-5-14(12)19-10-15(18)16-8-1-2-9-16/h3-5H,1-2,6-10H2. The van der Waals surface area contributed by atoms with Gasteiger partial charge in [-0.1, -0.05) is 12.1 Å². The molecule has 0 saturated carbocycles. The molecule has 1 aliphatic carbocycles. The van der Waals surface area contributed by atoms with Crippen LogP contribution in [0.5, 0.6) is 5.75 Å². The van der Waals surface area contributed by atoms with Crippen LogP contribution in [0.15, 0.2) is 18.2 Å². The van der Waals surface area contributed by atoms with Gasteiger partial charge in [-0.15, -0.1) is 0 Å². The first-order valence-electron chi connectivity index (χ1n) is 6.81. The van der Waals surface area contributed by atoms with E-state index in [1.807, 2.05) is 23.1 Å². The maximum Gasteiger partial charge on any atom is 0.260 e. The largest absolute Gasteiger partial charge is 0.483 e. The van der Waals surface area contributed by atoms with Gasteiger partial charge in [0.05, 0.1) is 0 Å². The molecule has 4 nitrogen and oxygen atoms in total. The van der Waals surface area contributed by atoms with Gasteiger partial charge in [0.1, 0.15) is 5.75 Å². The Kier molecular flexibility index (Phi) is 3.23. The van der Waals surface area contributed by atoms with E-state index in [0.29, 0.717) is 12.2 Å². The zero-order valence-corrected chi connectivity index (χ0v) is 10.9. The summed E-state index contributed by atoms with van der Waals surface area (Å²) in [5.41, 5.74) is 1.72. The number of rotatable bonds is 3. The molecular formula is C15H17NO3. The molecule has 0 N–H and O–H groups in total. The third-order valence-electron chi connectivity index (χ3n) is 3.85. The fraction of sp³-hybridized carbons (Fsp3) is 0.467. The minimum absolute atomic E-state index is 0.0411. The fourth-order valence-electron chi connectivity index (χ4n) is 2.79. The van der Waals surface area contributed by atoms with Crippen molar-refractivity contribution in [2.45, 2.75) is 25.7 Å². The van der Waals surface area contributed by atoms with Crippen molar-refractivity contribution in [2.24, 2.45) is 0 Å². The van der Waals surface area contributed by atoms with Crippen molar-refractivity contribution in [1.29, 1.82) is 0 Å². The summed E-state index contributed by atoms with van der Waals surface area (Å²) >= 11 is 0. The number of ketones is 1. The van der Waals surface area contributed by atoms with Crippen LogP contribution < -0.4 is 4.74 Å². The van der Waals surface area contributed by atoms with Crippen molar-refractivity contribution in [3.8, 4) is 5.75 Å². The van der Waals surface area contributed by atoms with Crippen molar-refractivity contribution >= 4 is 11.7 Å². The molecule has 0 spiro atoms. The van der Waals surface area contributed by atoms with Crippen molar-refractivity contribution in [2.75, 3.05) is 19.7 Å². The van der Waals surface area contributed by atoms with Crippen molar-refractivity contribution in [1.82, 2.24) is 4.90 Å². The molecule has 0 atom stereocenters. The Morgan fingerprint density at radius 3 is 2.79 bits per heavy atom. The van der Waals surface area contributed by atoms with Gasteiger partial charge < -0.3 is 9.64 Å². The van der Waals surface area contributed by atoms with Gasteiger partial charge in [-0.05, 0) is 25.3 Å². The Bertz CT molecular complexity index is 518. The lowest BCUT2D eigenvalue weighted by molar-refractivity contribution is -0.132. The zero-order chi connectivity index (χ0) is 13.2. The molecule has 0 bridgehead atoms. The van der Waals surface area contributed by atoms with Crippen LogP contribution in [0.2, 0.25) is 0 Å². The highest BCUT2D eigenvalue weighted by molar-refractivity contribution is 6.01. The van der Waals surface area contributed by atoms with E-state index >= 15 is 0 Å². The first-order valence-corrected chi connectivity index (χ1v) is 6.81. The second-order valence-corrected chi connectivity index (χ2v) is 5.08. The SMILES string of the molecule is O=C1CCc2c(OCC(=O)N3CCCC3)cccc21. The van der Waals surface area contributed by atoms with Gasteiger partial charge in [0, 0.05) is 30.6 Å². The van der Waals surface area contributed by atoms with Gasteiger partial charge in [0.15, 0.2) is 12.4 Å². The van der Waals surface area contributed by atoms with Crippen LogP contribution in [0.25, 0.3) is 0 Å². The number of carbonyl (C=O) groups is 2. The molecule has 1 amide bonds. The molecule has 0 radical (unpaired) electrons. The van der Waals surface area contributed by atoms with E-state index in [0.717, 1.165) is 43.5 Å². The van der Waals surface area contributed by atoms with Crippen LogP contribution >= 0.6 is 0 Å². The molecular weight excluding hydrogens is 242 g/mol. The molecule has 100 valence electrons. The molecule has 19 heavy (non-hydrogen) atoms. The van der Waals surface area contributed by atoms with Gasteiger partial charge in [-0.25, -0.2) is 0 Å². The predicted molar refractivity (Wildman–Crippen MR) is 70.4 cm³/mol. The maximum atomic E-state index is 11.9. The number of hydrogen-bond donors (Lipinski definition) is 0. The average molecular weight is 259 g/mol. The molecule has 1 aliphatic heterocycles. The number of benzene rings is 1. The second kappa shape index (κ2) is 5.03. The highest BCUT2D eigenvalue weighted by Gasteiger charge is 2.24. The number of carbonyl (C=O) groups excluding carboxylic acids is 2. The van der Waals surface area contributed by atoms with E-state index in [1.54, 1.807) is 0 Å². The Hall–Kier alpha value is -1.84. The van der Waals surface area contributed by atoms with Crippen LogP contribution in [0, 0.1) is 0 Å². The quantitative estimate of drug-likeness (QED) is 0.831. The predicted octanol–water partition coefficient (Wildman–Crippen LogP) is 1.82. The normalized spacial score (nSPS) is 17.7. The minimum atomic E-state index is 0.0411. The summed E-state index contributed by atoms with van der Waals surface area (Å²) in [6.45, 7) is 1.76. The topological polar surface area (TPSA) is 46.6 Å². The van der Waals surface area contributed by atoms with Gasteiger partial charge in [-0.2, -0.15) is 0 Å². The summed E-state index contributed by atoms with van der Waals surface area (Å²) in [6.07, 6.45) is 3.44. The monoisotopic (exact) mass is 259 g/mol. The van der Waals surface area contributed by atoms with Crippen LogP contribution in [0.3, 0.4) is 0 Å². The number of likely N-dealkylation sites (tertiary alicyclic amines) is 1. The molecule has 4 heteroatoms. The summed E-state index contributed by atoms with van der Waals surface area (Å²) in [6, 6.07) is 5.49. The van der Waals surface area contributed by atoms with Crippen LogP contribution in [0.1, 0.15) is 35.2 Å². The minimum Gasteiger partial charge on any atom is -0.483 e. The lowest BCUT2D eigenvalue weighted by atomic mass is 10.1. The molecule has 1 fully saturated rings. The number of hydrogen-bond acceptors (Lipinski definition) is 3. The third-order valence-corrected chi connectivity index (χ3v) is 3.85. The molecule has 2 aliphatic rings. The van der Waals surface area contributed by atoms with Crippen molar-refractivity contribution in [3.05, 3.63) is 29.3 Å². The van der Waals surface area contributed by atoms with E-state index in [-0.39, 0.29) is 18.3 Å². The first-order chi connectivity index (χ1) is 9.25. The Morgan fingerprint density at radius 2 is 2.00 bits per heavy atom. The lowest BCUT2D eigenvalue weighted by Crippen LogP contribution is -2.32. The van der Waals surface area contributed by atoms with Crippen LogP contribution in [-0.2, 0) is 11.2 Å². The second-order valence-electron chi connectivity index (χ2n) is 5.08. The van der Waals surface area contributed by atoms with Crippen molar-refractivity contribution < 1.29 is 14.3 Å². The van der Waals surface area contributed by atoms with Gasteiger partial charge in [-0.3, -0.25) is 9.59 Å². The first kappa shape index (κ1) is 12.2. The third kappa shape index (κ3) is 2.35. The number of amides is 1. The molecule has 0 aromatic heterocycles. The number of nitrogens with zero attached hydrogens (tertiary/aromatic N) is 1. The molecule has 3 rings (SSSR count). The maximum absolute atomic E-state index is 11.9. The van der Waals surface area contributed by atoms with Gasteiger partial charge in [0.25, 0.3) is 5.91 Å². The molecule has 1 aromatic rings. The molecule has 1 heterocycles.